The van der Waals surface area contributed by atoms with Gasteiger partial charge >= 0.3 is 5.97 Å². The summed E-state index contributed by atoms with van der Waals surface area (Å²) in [6, 6.07) is 24.6. The van der Waals surface area contributed by atoms with Crippen molar-refractivity contribution in [3.63, 3.8) is 0 Å². The summed E-state index contributed by atoms with van der Waals surface area (Å²) in [5.74, 6) is -5.02. The molecule has 9 heteroatoms. The number of carbonyl (C=O) groups excluding carboxylic acids is 3. The summed E-state index contributed by atoms with van der Waals surface area (Å²) < 4.78 is 10.9. The zero-order chi connectivity index (χ0) is 28.4. The summed E-state index contributed by atoms with van der Waals surface area (Å²) in [4.78, 5) is 54.2. The van der Waals surface area contributed by atoms with Gasteiger partial charge in [0.2, 0.25) is 11.8 Å². The smallest absolute Gasteiger partial charge is 0.319 e. The molecule has 0 aromatic heterocycles. The van der Waals surface area contributed by atoms with Crippen LogP contribution in [0.15, 0.2) is 91.0 Å². The molecule has 0 N–H and O–H groups in total. The number of rotatable bonds is 4. The Kier molecular flexibility index (Phi) is 5.50. The van der Waals surface area contributed by atoms with E-state index >= 15 is 0 Å². The standard InChI is InChI=1S/C32H22N2O7/c1-40-19-12-13-23(24(15-19)34(38)39)33-30(35)27-21(17-7-3-2-4-8-17)16-22-26-20-10-6-5-9-18(20)11-14-25(26)41-32(37)28(22)29(27)31(33)36/h2-16,21,27-29H,1H3/t21-,27-,28+,29-/m0/s1. The van der Waals surface area contributed by atoms with Crippen LogP contribution in [0.5, 0.6) is 11.5 Å². The maximum Gasteiger partial charge on any atom is 0.319 e. The van der Waals surface area contributed by atoms with Gasteiger partial charge in [0.1, 0.15) is 17.2 Å². The number of amides is 2. The molecule has 0 spiro atoms. The van der Waals surface area contributed by atoms with Crippen molar-refractivity contribution >= 4 is 45.5 Å². The third-order valence-corrected chi connectivity index (χ3v) is 8.29. The van der Waals surface area contributed by atoms with E-state index in [4.69, 9.17) is 9.47 Å². The summed E-state index contributed by atoms with van der Waals surface area (Å²) in [7, 11) is 1.37. The molecule has 0 bridgehead atoms. The second kappa shape index (κ2) is 9.12. The normalized spacial score (nSPS) is 22.9. The first-order valence-corrected chi connectivity index (χ1v) is 13.1. The molecule has 0 saturated carbocycles. The van der Waals surface area contributed by atoms with Crippen molar-refractivity contribution in [1.29, 1.82) is 0 Å². The van der Waals surface area contributed by atoms with Gasteiger partial charge in [-0.3, -0.25) is 24.5 Å². The van der Waals surface area contributed by atoms with Crippen LogP contribution in [0.1, 0.15) is 17.0 Å². The van der Waals surface area contributed by atoms with Crippen LogP contribution in [-0.2, 0) is 14.4 Å². The lowest BCUT2D eigenvalue weighted by Crippen LogP contribution is -2.42. The van der Waals surface area contributed by atoms with E-state index in [1.54, 1.807) is 6.07 Å². The molecule has 1 saturated heterocycles. The van der Waals surface area contributed by atoms with Gasteiger partial charge in [-0.15, -0.1) is 0 Å². The van der Waals surface area contributed by atoms with Gasteiger partial charge < -0.3 is 9.47 Å². The van der Waals surface area contributed by atoms with Gasteiger partial charge in [-0.25, -0.2) is 4.90 Å². The number of carbonyl (C=O) groups is 3. The molecule has 4 atom stereocenters. The fourth-order valence-electron chi connectivity index (χ4n) is 6.54. The number of benzene rings is 4. The Labute approximate surface area is 233 Å². The molecular formula is C32H22N2O7. The second-order valence-corrected chi connectivity index (χ2v) is 10.3. The molecule has 2 heterocycles. The highest BCUT2D eigenvalue weighted by Crippen LogP contribution is 2.56. The molecular weight excluding hydrogens is 524 g/mol. The number of hydrogen-bond acceptors (Lipinski definition) is 7. The van der Waals surface area contributed by atoms with Crippen molar-refractivity contribution in [3.05, 3.63) is 112 Å². The van der Waals surface area contributed by atoms with E-state index in [9.17, 15) is 24.5 Å². The summed E-state index contributed by atoms with van der Waals surface area (Å²) >= 11 is 0. The van der Waals surface area contributed by atoms with Crippen molar-refractivity contribution in [2.24, 2.45) is 17.8 Å². The van der Waals surface area contributed by atoms with E-state index in [0.717, 1.165) is 21.2 Å². The van der Waals surface area contributed by atoms with Gasteiger partial charge in [-0.2, -0.15) is 0 Å². The third-order valence-electron chi connectivity index (χ3n) is 8.29. The molecule has 7 rings (SSSR count). The average molecular weight is 547 g/mol. The van der Waals surface area contributed by atoms with Crippen molar-refractivity contribution in [1.82, 2.24) is 0 Å². The van der Waals surface area contributed by atoms with Crippen molar-refractivity contribution < 1.29 is 28.8 Å². The quantitative estimate of drug-likeness (QED) is 0.112. The average Bonchev–Trinajstić information content (AvgIpc) is 3.26. The minimum absolute atomic E-state index is 0.163. The van der Waals surface area contributed by atoms with Gasteiger partial charge in [0.15, 0.2) is 0 Å². The minimum atomic E-state index is -1.12. The third kappa shape index (κ3) is 3.58. The van der Waals surface area contributed by atoms with Crippen LogP contribution in [0.2, 0.25) is 0 Å². The summed E-state index contributed by atoms with van der Waals surface area (Å²) in [5, 5.41) is 13.8. The van der Waals surface area contributed by atoms with Gasteiger partial charge in [-0.1, -0.05) is 66.7 Å². The molecule has 41 heavy (non-hydrogen) atoms. The topological polar surface area (TPSA) is 116 Å². The van der Waals surface area contributed by atoms with E-state index in [2.05, 4.69) is 0 Å². The lowest BCUT2D eigenvalue weighted by molar-refractivity contribution is -0.384. The first-order chi connectivity index (χ1) is 19.9. The van der Waals surface area contributed by atoms with Gasteiger partial charge in [-0.05, 0) is 40.1 Å². The van der Waals surface area contributed by atoms with Gasteiger partial charge in [0.05, 0.1) is 35.9 Å². The van der Waals surface area contributed by atoms with Crippen LogP contribution in [-0.4, -0.2) is 29.8 Å². The molecule has 4 aromatic rings. The number of ether oxygens (including phenoxy) is 2. The minimum Gasteiger partial charge on any atom is -0.496 e. The highest BCUT2D eigenvalue weighted by molar-refractivity contribution is 6.25. The molecule has 4 aromatic carbocycles. The lowest BCUT2D eigenvalue weighted by atomic mass is 9.64. The Balaban J connectivity index is 1.46. The molecule has 3 aliphatic rings. The number of nitro benzene ring substituents is 1. The van der Waals surface area contributed by atoms with Crippen LogP contribution in [0.3, 0.4) is 0 Å². The second-order valence-electron chi connectivity index (χ2n) is 10.3. The number of esters is 1. The Morgan fingerprint density at radius 2 is 1.61 bits per heavy atom. The molecule has 1 aliphatic carbocycles. The zero-order valence-corrected chi connectivity index (χ0v) is 21.7. The fraction of sp³-hybridized carbons (Fsp3) is 0.156. The Morgan fingerprint density at radius 3 is 2.37 bits per heavy atom. The molecule has 1 fully saturated rings. The van der Waals surface area contributed by atoms with Crippen LogP contribution in [0.4, 0.5) is 11.4 Å². The van der Waals surface area contributed by atoms with Crippen LogP contribution >= 0.6 is 0 Å². The number of nitrogens with zero attached hydrogens (tertiary/aromatic N) is 2. The largest absolute Gasteiger partial charge is 0.496 e. The number of imide groups is 1. The van der Waals surface area contributed by atoms with E-state index < -0.39 is 52.1 Å². The highest BCUT2D eigenvalue weighted by atomic mass is 16.6. The fourth-order valence-corrected chi connectivity index (χ4v) is 6.54. The van der Waals surface area contributed by atoms with Crippen LogP contribution in [0, 0.1) is 27.9 Å². The SMILES string of the molecule is COc1ccc(N2C(=O)[C@@H]3[C@@H]4C(=O)Oc5ccc6ccccc6c5C4=C[C@@H](c4ccccc4)[C@@H]3C2=O)c([N+](=O)[O-])c1. The molecule has 0 radical (unpaired) electrons. The maximum atomic E-state index is 14.2. The first kappa shape index (κ1) is 24.7. The van der Waals surface area contributed by atoms with Crippen molar-refractivity contribution in [3.8, 4) is 11.5 Å². The maximum absolute atomic E-state index is 14.2. The number of methoxy groups -OCH3 is 1. The predicted octanol–water partition coefficient (Wildman–Crippen LogP) is 5.28. The Bertz CT molecular complexity index is 1830. The van der Waals surface area contributed by atoms with E-state index in [-0.39, 0.29) is 11.4 Å². The monoisotopic (exact) mass is 546 g/mol. The van der Waals surface area contributed by atoms with Crippen molar-refractivity contribution in [2.45, 2.75) is 5.92 Å². The zero-order valence-electron chi connectivity index (χ0n) is 21.7. The summed E-state index contributed by atoms with van der Waals surface area (Å²) in [6.45, 7) is 0. The van der Waals surface area contributed by atoms with E-state index in [0.29, 0.717) is 16.9 Å². The van der Waals surface area contributed by atoms with Gasteiger partial charge in [0, 0.05) is 11.5 Å². The summed E-state index contributed by atoms with van der Waals surface area (Å²) in [6.07, 6.45) is 1.91. The Hall–Kier alpha value is -5.31. The number of nitro groups is 1. The molecule has 2 aliphatic heterocycles. The first-order valence-electron chi connectivity index (χ1n) is 13.1. The van der Waals surface area contributed by atoms with Crippen LogP contribution in [0.25, 0.3) is 16.3 Å². The molecule has 2 amide bonds. The molecule has 202 valence electrons. The highest BCUT2D eigenvalue weighted by Gasteiger charge is 2.61. The summed E-state index contributed by atoms with van der Waals surface area (Å²) in [5.41, 5.74) is 1.51. The molecule has 9 nitrogen and oxygen atoms in total. The van der Waals surface area contributed by atoms with E-state index in [1.165, 1.54) is 25.3 Å². The van der Waals surface area contributed by atoms with Crippen molar-refractivity contribution in [2.75, 3.05) is 12.0 Å². The number of fused-ring (bicyclic) bond motifs is 7. The molecule has 0 unspecified atom stereocenters. The lowest BCUT2D eigenvalue weighted by Gasteiger charge is -2.38. The van der Waals surface area contributed by atoms with E-state index in [1.807, 2.05) is 66.7 Å². The van der Waals surface area contributed by atoms with Gasteiger partial charge in [0.25, 0.3) is 5.69 Å². The number of allylic oxidation sites excluding steroid dienone is 1. The predicted molar refractivity (Wildman–Crippen MR) is 149 cm³/mol. The van der Waals surface area contributed by atoms with Crippen LogP contribution < -0.4 is 14.4 Å². The number of anilines is 1. The Morgan fingerprint density at radius 1 is 0.878 bits per heavy atom. The number of hydrogen-bond donors (Lipinski definition) is 0.